The molecule has 3 N–H and O–H groups in total. The maximum atomic E-state index is 9.92. The van der Waals surface area contributed by atoms with Gasteiger partial charge >= 0.3 is 0 Å². The summed E-state index contributed by atoms with van der Waals surface area (Å²) in [6.45, 7) is 5.00. The molecule has 0 saturated heterocycles. The van der Waals surface area contributed by atoms with Crippen molar-refractivity contribution in [2.75, 3.05) is 6.54 Å². The first-order valence-corrected chi connectivity index (χ1v) is 6.64. The van der Waals surface area contributed by atoms with Gasteiger partial charge in [-0.2, -0.15) is 0 Å². The average molecular weight is 215 g/mol. The van der Waals surface area contributed by atoms with Crippen LogP contribution in [0.25, 0.3) is 0 Å². The van der Waals surface area contributed by atoms with E-state index in [9.17, 15) is 5.11 Å². The lowest BCUT2D eigenvalue weighted by Gasteiger charge is -2.20. The van der Waals surface area contributed by atoms with Gasteiger partial charge in [0.05, 0.1) is 6.10 Å². The Bertz CT molecular complexity index is 128. The van der Waals surface area contributed by atoms with E-state index in [4.69, 9.17) is 5.73 Å². The molecule has 0 radical (unpaired) electrons. The Morgan fingerprint density at radius 2 is 1.60 bits per heavy atom. The number of rotatable bonds is 10. The average Bonchev–Trinajstić information content (AvgIpc) is 2.25. The van der Waals surface area contributed by atoms with Crippen molar-refractivity contribution in [3.8, 4) is 0 Å². The molecule has 0 aliphatic carbocycles. The fourth-order valence-corrected chi connectivity index (χ4v) is 2.03. The zero-order valence-corrected chi connectivity index (χ0v) is 10.5. The van der Waals surface area contributed by atoms with E-state index < -0.39 is 0 Å². The van der Waals surface area contributed by atoms with Crippen LogP contribution in [0.3, 0.4) is 0 Å². The third kappa shape index (κ3) is 7.80. The first-order valence-electron chi connectivity index (χ1n) is 6.64. The highest BCUT2D eigenvalue weighted by molar-refractivity contribution is 4.69. The quantitative estimate of drug-likeness (QED) is 0.550. The predicted molar refractivity (Wildman–Crippen MR) is 66.8 cm³/mol. The molecule has 92 valence electrons. The van der Waals surface area contributed by atoms with Gasteiger partial charge in [0.25, 0.3) is 0 Å². The molecule has 2 heteroatoms. The van der Waals surface area contributed by atoms with Crippen LogP contribution in [0.15, 0.2) is 0 Å². The Hall–Kier alpha value is -0.0800. The molecule has 2 atom stereocenters. The largest absolute Gasteiger partial charge is 0.393 e. The van der Waals surface area contributed by atoms with Crippen molar-refractivity contribution in [3.63, 3.8) is 0 Å². The molecule has 0 rings (SSSR count). The molecule has 0 aromatic carbocycles. The summed E-state index contributed by atoms with van der Waals surface area (Å²) >= 11 is 0. The lowest BCUT2D eigenvalue weighted by Crippen LogP contribution is -2.27. The Morgan fingerprint density at radius 1 is 0.933 bits per heavy atom. The molecule has 15 heavy (non-hydrogen) atoms. The molecular formula is C13H29NO. The van der Waals surface area contributed by atoms with E-state index in [2.05, 4.69) is 13.8 Å². The Balaban J connectivity index is 3.48. The molecule has 0 bridgehead atoms. The second-order valence-electron chi connectivity index (χ2n) is 4.55. The summed E-state index contributed by atoms with van der Waals surface area (Å²) in [7, 11) is 0. The van der Waals surface area contributed by atoms with Crippen LogP contribution in [0.5, 0.6) is 0 Å². The fourth-order valence-electron chi connectivity index (χ4n) is 2.03. The van der Waals surface area contributed by atoms with Crippen molar-refractivity contribution in [2.24, 2.45) is 11.7 Å². The van der Waals surface area contributed by atoms with Crippen LogP contribution < -0.4 is 5.73 Å². The molecule has 0 heterocycles. The van der Waals surface area contributed by atoms with Crippen LogP contribution in [-0.2, 0) is 0 Å². The van der Waals surface area contributed by atoms with Gasteiger partial charge in [-0.1, -0.05) is 52.4 Å². The topological polar surface area (TPSA) is 46.2 Å². The van der Waals surface area contributed by atoms with E-state index in [1.807, 2.05) is 0 Å². The third-order valence-corrected chi connectivity index (χ3v) is 3.11. The molecule has 0 spiro atoms. The zero-order valence-electron chi connectivity index (χ0n) is 10.5. The van der Waals surface area contributed by atoms with Gasteiger partial charge < -0.3 is 10.8 Å². The number of hydrogen-bond donors (Lipinski definition) is 2. The summed E-state index contributed by atoms with van der Waals surface area (Å²) in [6.07, 6.45) is 9.28. The number of aliphatic hydroxyl groups is 1. The monoisotopic (exact) mass is 215 g/mol. The van der Waals surface area contributed by atoms with E-state index >= 15 is 0 Å². The SMILES string of the molecule is CCCCCCCC(O)C(CN)CCC. The molecule has 0 aliphatic heterocycles. The minimum atomic E-state index is -0.170. The minimum Gasteiger partial charge on any atom is -0.393 e. The summed E-state index contributed by atoms with van der Waals surface area (Å²) in [5.74, 6) is 0.321. The van der Waals surface area contributed by atoms with Crippen LogP contribution in [0, 0.1) is 5.92 Å². The summed E-state index contributed by atoms with van der Waals surface area (Å²) in [5, 5.41) is 9.92. The van der Waals surface area contributed by atoms with Gasteiger partial charge in [-0.3, -0.25) is 0 Å². The second-order valence-corrected chi connectivity index (χ2v) is 4.55. The molecule has 2 unspecified atom stereocenters. The van der Waals surface area contributed by atoms with E-state index in [1.54, 1.807) is 0 Å². The van der Waals surface area contributed by atoms with Crippen LogP contribution in [-0.4, -0.2) is 17.8 Å². The van der Waals surface area contributed by atoms with E-state index in [-0.39, 0.29) is 6.10 Å². The minimum absolute atomic E-state index is 0.170. The molecule has 0 amide bonds. The summed E-state index contributed by atoms with van der Waals surface area (Å²) in [4.78, 5) is 0. The lowest BCUT2D eigenvalue weighted by molar-refractivity contribution is 0.0945. The van der Waals surface area contributed by atoms with Crippen molar-refractivity contribution in [3.05, 3.63) is 0 Å². The van der Waals surface area contributed by atoms with Gasteiger partial charge in [-0.15, -0.1) is 0 Å². The van der Waals surface area contributed by atoms with Crippen molar-refractivity contribution >= 4 is 0 Å². The van der Waals surface area contributed by atoms with Gasteiger partial charge in [0.1, 0.15) is 0 Å². The molecule has 2 nitrogen and oxygen atoms in total. The smallest absolute Gasteiger partial charge is 0.0580 e. The number of hydrogen-bond acceptors (Lipinski definition) is 2. The van der Waals surface area contributed by atoms with Gasteiger partial charge in [0.2, 0.25) is 0 Å². The third-order valence-electron chi connectivity index (χ3n) is 3.11. The normalized spacial score (nSPS) is 15.2. The first kappa shape index (κ1) is 14.9. The predicted octanol–water partition coefficient (Wildman–Crippen LogP) is 3.08. The molecule has 0 saturated carbocycles. The van der Waals surface area contributed by atoms with Crippen LogP contribution in [0.4, 0.5) is 0 Å². The van der Waals surface area contributed by atoms with Gasteiger partial charge in [0.15, 0.2) is 0 Å². The molecule has 0 aromatic heterocycles. The highest BCUT2D eigenvalue weighted by Gasteiger charge is 2.15. The van der Waals surface area contributed by atoms with Crippen molar-refractivity contribution in [1.29, 1.82) is 0 Å². The zero-order chi connectivity index (χ0) is 11.5. The van der Waals surface area contributed by atoms with Crippen molar-refractivity contribution in [1.82, 2.24) is 0 Å². The number of aliphatic hydroxyl groups excluding tert-OH is 1. The Morgan fingerprint density at radius 3 is 2.13 bits per heavy atom. The summed E-state index contributed by atoms with van der Waals surface area (Å²) in [6, 6.07) is 0. The van der Waals surface area contributed by atoms with Crippen LogP contribution in [0.1, 0.15) is 65.2 Å². The van der Waals surface area contributed by atoms with E-state index in [0.717, 1.165) is 25.7 Å². The lowest BCUT2D eigenvalue weighted by atomic mass is 9.93. The van der Waals surface area contributed by atoms with E-state index in [1.165, 1.54) is 25.7 Å². The first-order chi connectivity index (χ1) is 7.26. The fraction of sp³-hybridized carbons (Fsp3) is 1.00. The molecule has 0 fully saturated rings. The van der Waals surface area contributed by atoms with E-state index in [0.29, 0.717) is 12.5 Å². The van der Waals surface area contributed by atoms with Crippen molar-refractivity contribution in [2.45, 2.75) is 71.3 Å². The Kier molecular flexibility index (Phi) is 10.4. The maximum absolute atomic E-state index is 9.92. The summed E-state index contributed by atoms with van der Waals surface area (Å²) < 4.78 is 0. The molecule has 0 aromatic rings. The second kappa shape index (κ2) is 10.4. The highest BCUT2D eigenvalue weighted by atomic mass is 16.3. The molecular weight excluding hydrogens is 186 g/mol. The highest BCUT2D eigenvalue weighted by Crippen LogP contribution is 2.16. The van der Waals surface area contributed by atoms with Crippen LogP contribution in [0.2, 0.25) is 0 Å². The van der Waals surface area contributed by atoms with Crippen LogP contribution >= 0.6 is 0 Å². The summed E-state index contributed by atoms with van der Waals surface area (Å²) in [5.41, 5.74) is 5.65. The Labute approximate surface area is 95.3 Å². The molecule has 0 aliphatic rings. The van der Waals surface area contributed by atoms with Gasteiger partial charge in [-0.25, -0.2) is 0 Å². The maximum Gasteiger partial charge on any atom is 0.0580 e. The number of unbranched alkanes of at least 4 members (excludes halogenated alkanes) is 4. The standard InChI is InChI=1S/C13H29NO/c1-3-5-6-7-8-10-13(15)12(11-14)9-4-2/h12-13,15H,3-11,14H2,1-2H3. The number of nitrogens with two attached hydrogens (primary N) is 1. The van der Waals surface area contributed by atoms with Crippen molar-refractivity contribution < 1.29 is 5.11 Å². The van der Waals surface area contributed by atoms with Gasteiger partial charge in [-0.05, 0) is 25.3 Å². The van der Waals surface area contributed by atoms with Gasteiger partial charge in [0, 0.05) is 0 Å².